The summed E-state index contributed by atoms with van der Waals surface area (Å²) in [6.45, 7) is 6.20. The molecule has 1 saturated heterocycles. The number of allylic oxidation sites excluding steroid dienone is 1. The highest BCUT2D eigenvalue weighted by atomic mass is 16.5. The van der Waals surface area contributed by atoms with Crippen LogP contribution in [0.15, 0.2) is 54.6 Å². The Bertz CT molecular complexity index is 1300. The number of carbonyl (C=O) groups is 3. The van der Waals surface area contributed by atoms with Gasteiger partial charge in [0.05, 0.1) is 18.2 Å². The Morgan fingerprint density at radius 2 is 1.89 bits per heavy atom. The van der Waals surface area contributed by atoms with E-state index in [0.29, 0.717) is 35.7 Å². The molecule has 0 unspecified atom stereocenters. The fraction of sp³-hybridized carbons (Fsp3) is 0.310. The van der Waals surface area contributed by atoms with Gasteiger partial charge >= 0.3 is 6.03 Å². The zero-order chi connectivity index (χ0) is 26.4. The minimum absolute atomic E-state index is 0.102. The van der Waals surface area contributed by atoms with Gasteiger partial charge in [-0.1, -0.05) is 37.1 Å². The lowest BCUT2D eigenvalue weighted by Crippen LogP contribution is -2.57. The van der Waals surface area contributed by atoms with Crippen LogP contribution >= 0.6 is 0 Å². The maximum absolute atomic E-state index is 13.2. The zero-order valence-electron chi connectivity index (χ0n) is 20.8. The zero-order valence-corrected chi connectivity index (χ0v) is 20.8. The molecule has 37 heavy (non-hydrogen) atoms. The van der Waals surface area contributed by atoms with Crippen molar-refractivity contribution in [3.63, 3.8) is 0 Å². The maximum Gasteiger partial charge on any atom is 0.331 e. The second-order valence-corrected chi connectivity index (χ2v) is 8.92. The second kappa shape index (κ2) is 11.6. The number of rotatable bonds is 9. The van der Waals surface area contributed by atoms with Crippen molar-refractivity contribution in [2.75, 3.05) is 6.61 Å². The van der Waals surface area contributed by atoms with Gasteiger partial charge in [-0.3, -0.25) is 19.8 Å². The minimum atomic E-state index is -0.721. The first-order chi connectivity index (χ1) is 18.0. The van der Waals surface area contributed by atoms with E-state index in [2.05, 4.69) is 18.0 Å². The molecule has 4 amide bonds. The number of benzene rings is 2. The van der Waals surface area contributed by atoms with Crippen molar-refractivity contribution in [2.24, 2.45) is 0 Å². The SMILES string of the molecule is C=CCc1cc(/C=C2\C(=O)NC(=O)N(C3CCCC3)C2=O)cc(OCC)c1OCc1ccccc1C#N. The number of nitriles is 1. The van der Waals surface area contributed by atoms with Gasteiger partial charge < -0.3 is 9.47 Å². The van der Waals surface area contributed by atoms with Crippen LogP contribution < -0.4 is 14.8 Å². The quantitative estimate of drug-likeness (QED) is 0.305. The molecule has 0 spiro atoms. The molecular formula is C29H29N3O5. The summed E-state index contributed by atoms with van der Waals surface area (Å²) in [5.41, 5.74) is 2.47. The van der Waals surface area contributed by atoms with Crippen molar-refractivity contribution in [3.8, 4) is 17.6 Å². The van der Waals surface area contributed by atoms with E-state index in [1.807, 2.05) is 19.1 Å². The summed E-state index contributed by atoms with van der Waals surface area (Å²) in [7, 11) is 0. The molecule has 2 aliphatic rings. The van der Waals surface area contributed by atoms with Gasteiger partial charge in [-0.2, -0.15) is 5.26 Å². The number of urea groups is 1. The van der Waals surface area contributed by atoms with Crippen LogP contribution in [0, 0.1) is 11.3 Å². The fourth-order valence-electron chi connectivity index (χ4n) is 4.74. The Labute approximate surface area is 216 Å². The van der Waals surface area contributed by atoms with Crippen LogP contribution in [0.1, 0.15) is 54.9 Å². The molecule has 1 saturated carbocycles. The molecule has 190 valence electrons. The summed E-state index contributed by atoms with van der Waals surface area (Å²) in [4.78, 5) is 39.5. The topological polar surface area (TPSA) is 109 Å². The number of nitrogens with one attached hydrogen (secondary N) is 1. The third-order valence-corrected chi connectivity index (χ3v) is 6.46. The smallest absolute Gasteiger partial charge is 0.331 e. The Balaban J connectivity index is 1.70. The molecule has 0 atom stereocenters. The van der Waals surface area contributed by atoms with Crippen LogP contribution in [0.5, 0.6) is 11.5 Å². The predicted octanol–water partition coefficient (Wildman–Crippen LogP) is 4.67. The highest BCUT2D eigenvalue weighted by Crippen LogP contribution is 2.36. The third-order valence-electron chi connectivity index (χ3n) is 6.46. The average Bonchev–Trinajstić information content (AvgIpc) is 3.41. The average molecular weight is 500 g/mol. The molecule has 0 bridgehead atoms. The second-order valence-electron chi connectivity index (χ2n) is 8.92. The van der Waals surface area contributed by atoms with Gasteiger partial charge in [-0.05, 0) is 56.0 Å². The molecule has 1 aliphatic carbocycles. The Hall–Kier alpha value is -4.38. The van der Waals surface area contributed by atoms with Gasteiger partial charge in [0, 0.05) is 17.2 Å². The largest absolute Gasteiger partial charge is 0.490 e. The summed E-state index contributed by atoms with van der Waals surface area (Å²) >= 11 is 0. The molecule has 8 nitrogen and oxygen atoms in total. The van der Waals surface area contributed by atoms with E-state index in [9.17, 15) is 19.6 Å². The summed E-state index contributed by atoms with van der Waals surface area (Å²) in [6, 6.07) is 12.0. The van der Waals surface area contributed by atoms with Crippen LogP contribution in [-0.4, -0.2) is 35.4 Å². The van der Waals surface area contributed by atoms with Crippen LogP contribution in [0.3, 0.4) is 0 Å². The number of nitrogens with zero attached hydrogens (tertiary/aromatic N) is 2. The number of carbonyl (C=O) groups excluding carboxylic acids is 3. The number of amides is 4. The first kappa shape index (κ1) is 25.7. The van der Waals surface area contributed by atoms with E-state index in [1.165, 1.54) is 11.0 Å². The van der Waals surface area contributed by atoms with Gasteiger partial charge in [-0.25, -0.2) is 4.79 Å². The van der Waals surface area contributed by atoms with Crippen molar-refractivity contribution in [2.45, 2.75) is 51.7 Å². The molecule has 1 N–H and O–H groups in total. The van der Waals surface area contributed by atoms with E-state index in [4.69, 9.17) is 9.47 Å². The molecule has 2 aromatic rings. The van der Waals surface area contributed by atoms with E-state index in [0.717, 1.165) is 36.8 Å². The van der Waals surface area contributed by atoms with Crippen molar-refractivity contribution in [1.82, 2.24) is 10.2 Å². The van der Waals surface area contributed by atoms with E-state index >= 15 is 0 Å². The molecular weight excluding hydrogens is 470 g/mol. The predicted molar refractivity (Wildman–Crippen MR) is 138 cm³/mol. The standard InChI is InChI=1S/C29H29N3O5/c1-3-9-20-14-19(15-24-27(33)31-29(35)32(28(24)34)23-12-7-8-13-23)16-25(36-4-2)26(20)37-18-22-11-6-5-10-21(22)17-30/h3,5-6,10-11,14-16,23H,1,4,7-9,12-13,18H2,2H3,(H,31,33,35)/b24-15+. The van der Waals surface area contributed by atoms with E-state index in [1.54, 1.807) is 30.3 Å². The summed E-state index contributed by atoms with van der Waals surface area (Å²) in [5.74, 6) is -0.368. The summed E-state index contributed by atoms with van der Waals surface area (Å²) in [6.07, 6.45) is 7.00. The third kappa shape index (κ3) is 5.56. The highest BCUT2D eigenvalue weighted by molar-refractivity contribution is 6.31. The fourth-order valence-corrected chi connectivity index (χ4v) is 4.74. The van der Waals surface area contributed by atoms with E-state index in [-0.39, 0.29) is 18.2 Å². The number of imide groups is 2. The lowest BCUT2D eigenvalue weighted by Gasteiger charge is -2.31. The van der Waals surface area contributed by atoms with Crippen LogP contribution in [0.4, 0.5) is 4.79 Å². The van der Waals surface area contributed by atoms with Gasteiger partial charge in [-0.15, -0.1) is 6.58 Å². The Kier molecular flexibility index (Phi) is 8.04. The lowest BCUT2D eigenvalue weighted by molar-refractivity contribution is -0.131. The van der Waals surface area contributed by atoms with Gasteiger partial charge in [0.25, 0.3) is 11.8 Å². The Morgan fingerprint density at radius 3 is 2.59 bits per heavy atom. The maximum atomic E-state index is 13.2. The van der Waals surface area contributed by atoms with Crippen molar-refractivity contribution >= 4 is 23.9 Å². The molecule has 2 fully saturated rings. The molecule has 2 aromatic carbocycles. The van der Waals surface area contributed by atoms with Crippen LogP contribution in [0.25, 0.3) is 6.08 Å². The molecule has 0 radical (unpaired) electrons. The molecule has 4 rings (SSSR count). The number of hydrogen-bond donors (Lipinski definition) is 1. The number of ether oxygens (including phenoxy) is 2. The monoisotopic (exact) mass is 499 g/mol. The van der Waals surface area contributed by atoms with Crippen molar-refractivity contribution in [3.05, 3.63) is 76.9 Å². The normalized spacial score (nSPS) is 17.0. The minimum Gasteiger partial charge on any atom is -0.490 e. The summed E-state index contributed by atoms with van der Waals surface area (Å²) < 4.78 is 12.0. The molecule has 1 heterocycles. The van der Waals surface area contributed by atoms with Gasteiger partial charge in [0.1, 0.15) is 12.2 Å². The number of barbiturate groups is 1. The van der Waals surface area contributed by atoms with Gasteiger partial charge in [0.15, 0.2) is 11.5 Å². The number of hydrogen-bond acceptors (Lipinski definition) is 6. The van der Waals surface area contributed by atoms with Gasteiger partial charge in [0.2, 0.25) is 0 Å². The highest BCUT2D eigenvalue weighted by Gasteiger charge is 2.40. The lowest BCUT2D eigenvalue weighted by atomic mass is 10.0. The van der Waals surface area contributed by atoms with Crippen molar-refractivity contribution < 1.29 is 23.9 Å². The first-order valence-electron chi connectivity index (χ1n) is 12.4. The molecule has 8 heteroatoms. The Morgan fingerprint density at radius 1 is 1.14 bits per heavy atom. The van der Waals surface area contributed by atoms with Crippen LogP contribution in [-0.2, 0) is 22.6 Å². The van der Waals surface area contributed by atoms with Crippen molar-refractivity contribution in [1.29, 1.82) is 5.26 Å². The van der Waals surface area contributed by atoms with E-state index < -0.39 is 17.8 Å². The summed E-state index contributed by atoms with van der Waals surface area (Å²) in [5, 5.41) is 11.7. The van der Waals surface area contributed by atoms with Crippen LogP contribution in [0.2, 0.25) is 0 Å². The molecule has 0 aromatic heterocycles. The first-order valence-corrected chi connectivity index (χ1v) is 12.4. The molecule has 1 aliphatic heterocycles.